The molecule has 0 bridgehead atoms. The van der Waals surface area contributed by atoms with Crippen LogP contribution in [0.3, 0.4) is 0 Å². The molecule has 1 aromatic heterocycles. The van der Waals surface area contributed by atoms with E-state index in [1.54, 1.807) is 12.3 Å². The number of nitrogens with zero attached hydrogens (tertiary/aromatic N) is 2. The van der Waals surface area contributed by atoms with Crippen LogP contribution in [0.2, 0.25) is 5.02 Å². The van der Waals surface area contributed by atoms with Gasteiger partial charge in [-0.15, -0.1) is 0 Å². The molecule has 3 aromatic carbocycles. The fourth-order valence-corrected chi connectivity index (χ4v) is 4.50. The van der Waals surface area contributed by atoms with Gasteiger partial charge in [0.15, 0.2) is 0 Å². The Bertz CT molecular complexity index is 1260. The maximum absolute atomic E-state index is 12.7. The zero-order chi connectivity index (χ0) is 22.6. The number of rotatable bonds is 5. The smallest absolute Gasteiger partial charge is 0.257 e. The first-order valence-electron chi connectivity index (χ1n) is 11.4. The Morgan fingerprint density at radius 3 is 2.39 bits per heavy atom. The summed E-state index contributed by atoms with van der Waals surface area (Å²) in [5.74, 6) is -0.175. The van der Waals surface area contributed by atoms with E-state index in [0.717, 1.165) is 28.9 Å². The van der Waals surface area contributed by atoms with Gasteiger partial charge in [0.2, 0.25) is 0 Å². The highest BCUT2D eigenvalue weighted by Gasteiger charge is 2.11. The van der Waals surface area contributed by atoms with Crippen LogP contribution in [0.25, 0.3) is 22.0 Å². The van der Waals surface area contributed by atoms with Gasteiger partial charge in [-0.05, 0) is 84.7 Å². The number of benzene rings is 3. The van der Waals surface area contributed by atoms with E-state index >= 15 is 0 Å². The van der Waals surface area contributed by atoms with Crippen LogP contribution in [0.15, 0.2) is 79.0 Å². The largest absolute Gasteiger partial charge is 0.322 e. The topological polar surface area (TPSA) is 45.2 Å². The lowest BCUT2D eigenvalue weighted by molar-refractivity contribution is 0.102. The minimum atomic E-state index is -0.175. The molecule has 2 heterocycles. The zero-order valence-electron chi connectivity index (χ0n) is 18.4. The first-order chi connectivity index (χ1) is 16.1. The minimum Gasteiger partial charge on any atom is -0.322 e. The molecule has 5 rings (SSSR count). The maximum Gasteiger partial charge on any atom is 0.257 e. The molecule has 1 N–H and O–H groups in total. The number of carbonyl (C=O) groups is 1. The number of piperidine rings is 1. The quantitative estimate of drug-likeness (QED) is 0.360. The normalized spacial score (nSPS) is 14.3. The second kappa shape index (κ2) is 9.74. The van der Waals surface area contributed by atoms with Crippen molar-refractivity contribution in [3.63, 3.8) is 0 Å². The predicted molar refractivity (Wildman–Crippen MR) is 136 cm³/mol. The predicted octanol–water partition coefficient (Wildman–Crippen LogP) is 6.79. The Labute approximate surface area is 199 Å². The van der Waals surface area contributed by atoms with Gasteiger partial charge < -0.3 is 5.32 Å². The van der Waals surface area contributed by atoms with E-state index in [-0.39, 0.29) is 5.91 Å². The van der Waals surface area contributed by atoms with Crippen LogP contribution in [0.5, 0.6) is 0 Å². The number of anilines is 1. The van der Waals surface area contributed by atoms with Gasteiger partial charge >= 0.3 is 0 Å². The van der Waals surface area contributed by atoms with Crippen LogP contribution in [-0.2, 0) is 6.54 Å². The van der Waals surface area contributed by atoms with Crippen LogP contribution < -0.4 is 5.32 Å². The molecule has 1 fully saturated rings. The van der Waals surface area contributed by atoms with Gasteiger partial charge in [0.1, 0.15) is 0 Å². The summed E-state index contributed by atoms with van der Waals surface area (Å²) in [6.45, 7) is 3.39. The van der Waals surface area contributed by atoms with Gasteiger partial charge in [0, 0.05) is 29.0 Å². The van der Waals surface area contributed by atoms with Crippen molar-refractivity contribution < 1.29 is 4.79 Å². The van der Waals surface area contributed by atoms with Gasteiger partial charge in [-0.25, -0.2) is 0 Å². The Morgan fingerprint density at radius 2 is 1.64 bits per heavy atom. The molecule has 1 amide bonds. The highest BCUT2D eigenvalue weighted by atomic mass is 35.5. The summed E-state index contributed by atoms with van der Waals surface area (Å²) >= 11 is 5.95. The molecule has 1 aliphatic heterocycles. The lowest BCUT2D eigenvalue weighted by Gasteiger charge is -2.26. The van der Waals surface area contributed by atoms with Gasteiger partial charge in [-0.3, -0.25) is 14.7 Å². The van der Waals surface area contributed by atoms with Crippen molar-refractivity contribution >= 4 is 34.0 Å². The van der Waals surface area contributed by atoms with Crippen LogP contribution >= 0.6 is 11.6 Å². The number of hydrogen-bond donors (Lipinski definition) is 1. The summed E-state index contributed by atoms with van der Waals surface area (Å²) in [7, 11) is 0. The molecule has 1 aliphatic rings. The van der Waals surface area contributed by atoms with Crippen LogP contribution in [0.1, 0.15) is 35.2 Å². The molecule has 0 saturated carbocycles. The fourth-order valence-electron chi connectivity index (χ4n) is 4.37. The molecule has 166 valence electrons. The third-order valence-electron chi connectivity index (χ3n) is 6.18. The summed E-state index contributed by atoms with van der Waals surface area (Å²) in [5.41, 5.74) is 4.39. The molecule has 0 aliphatic carbocycles. The first kappa shape index (κ1) is 21.6. The first-order valence-corrected chi connectivity index (χ1v) is 11.8. The SMILES string of the molecule is O=C(Nc1ccc2cc(CN3CCCCC3)ccc2c1)c1ccc(-c2ccc(Cl)cc2)nc1. The number of halogens is 1. The number of amides is 1. The van der Waals surface area contributed by atoms with Gasteiger partial charge in [0.05, 0.1) is 11.3 Å². The number of pyridine rings is 1. The molecule has 4 aromatic rings. The molecule has 4 nitrogen and oxygen atoms in total. The third kappa shape index (κ3) is 5.24. The Kier molecular flexibility index (Phi) is 6.38. The lowest BCUT2D eigenvalue weighted by Crippen LogP contribution is -2.29. The molecule has 5 heteroatoms. The molecule has 1 saturated heterocycles. The highest BCUT2D eigenvalue weighted by Crippen LogP contribution is 2.23. The number of aromatic nitrogens is 1. The number of likely N-dealkylation sites (tertiary alicyclic amines) is 1. The van der Waals surface area contributed by atoms with E-state index in [2.05, 4.69) is 39.5 Å². The summed E-state index contributed by atoms with van der Waals surface area (Å²) in [4.78, 5) is 19.7. The van der Waals surface area contributed by atoms with Crippen molar-refractivity contribution in [1.82, 2.24) is 9.88 Å². The number of fused-ring (bicyclic) bond motifs is 1. The maximum atomic E-state index is 12.7. The van der Waals surface area contributed by atoms with Gasteiger partial charge in [-0.2, -0.15) is 0 Å². The Morgan fingerprint density at radius 1 is 0.879 bits per heavy atom. The fraction of sp³-hybridized carbons (Fsp3) is 0.214. The third-order valence-corrected chi connectivity index (χ3v) is 6.44. The van der Waals surface area contributed by atoms with E-state index in [9.17, 15) is 4.79 Å². The standard InChI is InChI=1S/C28H26ClN3O/c29-25-10-6-21(7-11-25)27-13-9-24(18-30-27)28(33)31-26-12-8-22-16-20(4-5-23(22)17-26)19-32-14-2-1-3-15-32/h4-13,16-18H,1-3,14-15,19H2,(H,31,33). The van der Waals surface area contributed by atoms with Crippen molar-refractivity contribution in [2.24, 2.45) is 0 Å². The minimum absolute atomic E-state index is 0.175. The van der Waals surface area contributed by atoms with E-state index in [1.165, 1.54) is 43.3 Å². The van der Waals surface area contributed by atoms with Gasteiger partial charge in [0.25, 0.3) is 5.91 Å². The molecule has 0 radical (unpaired) electrons. The van der Waals surface area contributed by atoms with Crippen molar-refractivity contribution in [3.8, 4) is 11.3 Å². The molecule has 0 unspecified atom stereocenters. The zero-order valence-corrected chi connectivity index (χ0v) is 19.2. The highest BCUT2D eigenvalue weighted by molar-refractivity contribution is 6.30. The average Bonchev–Trinajstić information content (AvgIpc) is 2.85. The van der Waals surface area contributed by atoms with Gasteiger partial charge in [-0.1, -0.05) is 48.4 Å². The summed E-state index contributed by atoms with van der Waals surface area (Å²) in [5, 5.41) is 5.98. The van der Waals surface area contributed by atoms with Crippen LogP contribution in [0, 0.1) is 0 Å². The summed E-state index contributed by atoms with van der Waals surface area (Å²) < 4.78 is 0. The monoisotopic (exact) mass is 455 g/mol. The molecular weight excluding hydrogens is 430 g/mol. The second-order valence-electron chi connectivity index (χ2n) is 8.63. The van der Waals surface area contributed by atoms with Crippen molar-refractivity contribution in [2.45, 2.75) is 25.8 Å². The Hall–Kier alpha value is -3.21. The molecular formula is C28H26ClN3O. The average molecular weight is 456 g/mol. The van der Waals surface area contributed by atoms with Crippen molar-refractivity contribution in [2.75, 3.05) is 18.4 Å². The Balaban J connectivity index is 1.26. The lowest BCUT2D eigenvalue weighted by atomic mass is 10.0. The number of carbonyl (C=O) groups excluding carboxylic acids is 1. The summed E-state index contributed by atoms with van der Waals surface area (Å²) in [6, 6.07) is 23.8. The van der Waals surface area contributed by atoms with Crippen LogP contribution in [-0.4, -0.2) is 28.9 Å². The molecule has 0 spiro atoms. The van der Waals surface area contributed by atoms with Crippen LogP contribution in [0.4, 0.5) is 5.69 Å². The van der Waals surface area contributed by atoms with Crippen molar-refractivity contribution in [1.29, 1.82) is 0 Å². The van der Waals surface area contributed by atoms with E-state index in [1.807, 2.05) is 42.5 Å². The number of hydrogen-bond acceptors (Lipinski definition) is 3. The van der Waals surface area contributed by atoms with E-state index in [0.29, 0.717) is 10.6 Å². The molecule has 33 heavy (non-hydrogen) atoms. The van der Waals surface area contributed by atoms with Crippen molar-refractivity contribution in [3.05, 3.63) is 95.1 Å². The second-order valence-corrected chi connectivity index (χ2v) is 9.06. The number of nitrogens with one attached hydrogen (secondary N) is 1. The van der Waals surface area contributed by atoms with E-state index in [4.69, 9.17) is 11.6 Å². The van der Waals surface area contributed by atoms with E-state index < -0.39 is 0 Å². The summed E-state index contributed by atoms with van der Waals surface area (Å²) in [6.07, 6.45) is 5.56. The molecule has 0 atom stereocenters.